The second-order valence-electron chi connectivity index (χ2n) is 6.62. The van der Waals surface area contributed by atoms with Crippen LogP contribution in [0.15, 0.2) is 40.8 Å². The number of thiophene rings is 1. The minimum absolute atomic E-state index is 0.0857. The lowest BCUT2D eigenvalue weighted by atomic mass is 10.3. The highest BCUT2D eigenvalue weighted by atomic mass is 35.5. The lowest BCUT2D eigenvalue weighted by Crippen LogP contribution is -2.39. The molecule has 0 aliphatic heterocycles. The van der Waals surface area contributed by atoms with Crippen LogP contribution in [0, 0.1) is 0 Å². The molecule has 2 amide bonds. The molecule has 10 heteroatoms. The molecular weight excluding hydrogens is 447 g/mol. The standard InChI is InChI=1S/C20H20Cl2N4O3S/c1-2-7-25(11-17(27)24-16-10-13(21)3-4-15(16)22)18(28)5-8-26-12-23-19-14(20(26)29)6-9-30-19/h3-4,6,9-10,12H,2,5,7-8,11H2,1H3,(H,24,27). The minimum Gasteiger partial charge on any atom is -0.333 e. The van der Waals surface area contributed by atoms with Crippen LogP contribution in [-0.4, -0.2) is 39.4 Å². The Kier molecular flexibility index (Phi) is 7.47. The average Bonchev–Trinajstić information content (AvgIpc) is 3.19. The summed E-state index contributed by atoms with van der Waals surface area (Å²) in [4.78, 5) is 44.0. The molecule has 0 saturated carbocycles. The van der Waals surface area contributed by atoms with Gasteiger partial charge in [-0.05, 0) is 36.1 Å². The molecule has 0 atom stereocenters. The number of anilines is 1. The molecule has 3 aromatic rings. The summed E-state index contributed by atoms with van der Waals surface area (Å²) in [5.74, 6) is -0.596. The number of carbonyl (C=O) groups is 2. The summed E-state index contributed by atoms with van der Waals surface area (Å²) < 4.78 is 1.42. The molecule has 0 aliphatic carbocycles. The maximum absolute atomic E-state index is 12.7. The van der Waals surface area contributed by atoms with Crippen molar-refractivity contribution < 1.29 is 9.59 Å². The van der Waals surface area contributed by atoms with Crippen LogP contribution >= 0.6 is 34.5 Å². The van der Waals surface area contributed by atoms with Crippen LogP contribution in [0.4, 0.5) is 5.69 Å². The number of hydrogen-bond acceptors (Lipinski definition) is 5. The Morgan fingerprint density at radius 2 is 2.07 bits per heavy atom. The molecule has 0 saturated heterocycles. The van der Waals surface area contributed by atoms with Crippen LogP contribution in [0.3, 0.4) is 0 Å². The highest BCUT2D eigenvalue weighted by Crippen LogP contribution is 2.25. The number of amides is 2. The first-order valence-electron chi connectivity index (χ1n) is 9.34. The minimum atomic E-state index is -0.375. The third kappa shape index (κ3) is 5.38. The topological polar surface area (TPSA) is 84.3 Å². The zero-order chi connectivity index (χ0) is 21.7. The number of nitrogens with one attached hydrogen (secondary N) is 1. The van der Waals surface area contributed by atoms with Gasteiger partial charge in [-0.25, -0.2) is 4.98 Å². The van der Waals surface area contributed by atoms with Crippen LogP contribution < -0.4 is 10.9 Å². The molecular formula is C20H20Cl2N4O3S. The smallest absolute Gasteiger partial charge is 0.262 e. The fourth-order valence-corrected chi connectivity index (χ4v) is 4.01. The van der Waals surface area contributed by atoms with Gasteiger partial charge >= 0.3 is 0 Å². The van der Waals surface area contributed by atoms with Crippen molar-refractivity contribution in [3.8, 4) is 0 Å². The van der Waals surface area contributed by atoms with Crippen molar-refractivity contribution >= 4 is 62.3 Å². The molecule has 0 bridgehead atoms. The lowest BCUT2D eigenvalue weighted by molar-refractivity contribution is -0.134. The fraction of sp³-hybridized carbons (Fsp3) is 0.300. The van der Waals surface area contributed by atoms with Crippen LogP contribution in [-0.2, 0) is 16.1 Å². The number of benzene rings is 1. The zero-order valence-corrected chi connectivity index (χ0v) is 18.6. The van der Waals surface area contributed by atoms with Crippen molar-refractivity contribution in [1.29, 1.82) is 0 Å². The fourth-order valence-electron chi connectivity index (χ4n) is 2.95. The van der Waals surface area contributed by atoms with Gasteiger partial charge in [0, 0.05) is 24.5 Å². The van der Waals surface area contributed by atoms with E-state index in [4.69, 9.17) is 23.2 Å². The number of rotatable bonds is 8. The third-order valence-electron chi connectivity index (χ3n) is 4.40. The molecule has 158 valence electrons. The Morgan fingerprint density at radius 1 is 1.27 bits per heavy atom. The number of hydrogen-bond donors (Lipinski definition) is 1. The molecule has 2 heterocycles. The highest BCUT2D eigenvalue weighted by molar-refractivity contribution is 7.16. The first kappa shape index (κ1) is 22.3. The number of aromatic nitrogens is 2. The highest BCUT2D eigenvalue weighted by Gasteiger charge is 2.18. The second-order valence-corrected chi connectivity index (χ2v) is 8.36. The van der Waals surface area contributed by atoms with Crippen molar-refractivity contribution in [2.75, 3.05) is 18.4 Å². The number of halogens is 2. The van der Waals surface area contributed by atoms with Gasteiger partial charge in [-0.1, -0.05) is 30.1 Å². The number of carbonyl (C=O) groups excluding carboxylic acids is 2. The SMILES string of the molecule is CCCN(CC(=O)Nc1cc(Cl)ccc1Cl)C(=O)CCn1cnc2sccc2c1=O. The van der Waals surface area contributed by atoms with Crippen LogP contribution in [0.2, 0.25) is 10.0 Å². The van der Waals surface area contributed by atoms with Gasteiger partial charge < -0.3 is 10.2 Å². The molecule has 30 heavy (non-hydrogen) atoms. The van der Waals surface area contributed by atoms with Crippen LogP contribution in [0.1, 0.15) is 19.8 Å². The molecule has 0 unspecified atom stereocenters. The van der Waals surface area contributed by atoms with Crippen molar-refractivity contribution in [3.63, 3.8) is 0 Å². The molecule has 1 aromatic carbocycles. The van der Waals surface area contributed by atoms with Crippen molar-refractivity contribution in [1.82, 2.24) is 14.5 Å². The van der Waals surface area contributed by atoms with E-state index >= 15 is 0 Å². The van der Waals surface area contributed by atoms with Crippen molar-refractivity contribution in [2.24, 2.45) is 0 Å². The van der Waals surface area contributed by atoms with Gasteiger partial charge in [0.1, 0.15) is 4.83 Å². The van der Waals surface area contributed by atoms with E-state index in [-0.39, 0.29) is 36.9 Å². The van der Waals surface area contributed by atoms with Gasteiger partial charge in [0.05, 0.1) is 29.0 Å². The Labute approximate surface area is 187 Å². The largest absolute Gasteiger partial charge is 0.333 e. The quantitative estimate of drug-likeness (QED) is 0.542. The van der Waals surface area contributed by atoms with Gasteiger partial charge in [-0.3, -0.25) is 19.0 Å². The molecule has 0 aliphatic rings. The summed E-state index contributed by atoms with van der Waals surface area (Å²) in [7, 11) is 0. The van der Waals surface area contributed by atoms with Crippen LogP contribution in [0.25, 0.3) is 10.2 Å². The van der Waals surface area contributed by atoms with Crippen molar-refractivity contribution in [3.05, 3.63) is 56.4 Å². The average molecular weight is 467 g/mol. The van der Waals surface area contributed by atoms with E-state index in [1.54, 1.807) is 24.3 Å². The normalized spacial score (nSPS) is 10.9. The van der Waals surface area contributed by atoms with E-state index in [0.717, 1.165) is 0 Å². The van der Waals surface area contributed by atoms with Crippen molar-refractivity contribution in [2.45, 2.75) is 26.3 Å². The molecule has 0 fully saturated rings. The van der Waals surface area contributed by atoms with Gasteiger partial charge in [0.2, 0.25) is 11.8 Å². The molecule has 0 spiro atoms. The number of fused-ring (bicyclic) bond motifs is 1. The zero-order valence-electron chi connectivity index (χ0n) is 16.2. The summed E-state index contributed by atoms with van der Waals surface area (Å²) >= 11 is 13.4. The summed E-state index contributed by atoms with van der Waals surface area (Å²) in [6.07, 6.45) is 2.23. The van der Waals surface area contributed by atoms with Gasteiger partial charge in [0.25, 0.3) is 5.56 Å². The van der Waals surface area contributed by atoms with Gasteiger partial charge in [0.15, 0.2) is 0 Å². The van der Waals surface area contributed by atoms with E-state index in [2.05, 4.69) is 10.3 Å². The summed E-state index contributed by atoms with van der Waals surface area (Å²) in [6, 6.07) is 6.48. The first-order chi connectivity index (χ1) is 14.4. The summed E-state index contributed by atoms with van der Waals surface area (Å²) in [5, 5.41) is 5.83. The first-order valence-corrected chi connectivity index (χ1v) is 11.0. The monoisotopic (exact) mass is 466 g/mol. The number of aryl methyl sites for hydroxylation is 1. The molecule has 0 radical (unpaired) electrons. The van der Waals surface area contributed by atoms with Gasteiger partial charge in [-0.15, -0.1) is 11.3 Å². The molecule has 3 rings (SSSR count). The molecule has 7 nitrogen and oxygen atoms in total. The maximum atomic E-state index is 12.7. The van der Waals surface area contributed by atoms with E-state index in [9.17, 15) is 14.4 Å². The summed E-state index contributed by atoms with van der Waals surface area (Å²) in [5.41, 5.74) is 0.212. The van der Waals surface area contributed by atoms with Crippen LogP contribution in [0.5, 0.6) is 0 Å². The lowest BCUT2D eigenvalue weighted by Gasteiger charge is -2.22. The molecule has 2 aromatic heterocycles. The van der Waals surface area contributed by atoms with E-state index in [1.165, 1.54) is 27.1 Å². The Balaban J connectivity index is 1.63. The van der Waals surface area contributed by atoms with E-state index in [1.807, 2.05) is 12.3 Å². The predicted molar refractivity (Wildman–Crippen MR) is 120 cm³/mol. The Morgan fingerprint density at radius 3 is 2.83 bits per heavy atom. The third-order valence-corrected chi connectivity index (χ3v) is 5.79. The maximum Gasteiger partial charge on any atom is 0.262 e. The Bertz CT molecular complexity index is 1130. The van der Waals surface area contributed by atoms with E-state index < -0.39 is 0 Å². The predicted octanol–water partition coefficient (Wildman–Crippen LogP) is 4.03. The number of nitrogens with zero attached hydrogens (tertiary/aromatic N) is 3. The second kappa shape index (κ2) is 10.1. The Hall–Kier alpha value is -2.42. The van der Waals surface area contributed by atoms with Gasteiger partial charge in [-0.2, -0.15) is 0 Å². The van der Waals surface area contributed by atoms with E-state index in [0.29, 0.717) is 38.9 Å². The summed E-state index contributed by atoms with van der Waals surface area (Å²) in [6.45, 7) is 2.42. The molecule has 1 N–H and O–H groups in total.